The summed E-state index contributed by atoms with van der Waals surface area (Å²) < 4.78 is 5.56. The summed E-state index contributed by atoms with van der Waals surface area (Å²) in [6.45, 7) is 10.9. The van der Waals surface area contributed by atoms with Crippen molar-refractivity contribution in [1.82, 2.24) is 10.3 Å². The first-order valence-corrected chi connectivity index (χ1v) is 7.00. The van der Waals surface area contributed by atoms with Gasteiger partial charge in [0.1, 0.15) is 5.82 Å². The Balaban J connectivity index is 2.50. The van der Waals surface area contributed by atoms with Crippen LogP contribution in [0.4, 0.5) is 5.82 Å². The summed E-state index contributed by atoms with van der Waals surface area (Å²) in [4.78, 5) is 6.53. The number of anilines is 1. The first-order valence-electron chi connectivity index (χ1n) is 7.00. The number of ether oxygens (including phenoxy) is 1. The lowest BCUT2D eigenvalue weighted by atomic mass is 10.2. The molecule has 0 spiro atoms. The summed E-state index contributed by atoms with van der Waals surface area (Å²) in [5, 5.41) is 3.42. The summed E-state index contributed by atoms with van der Waals surface area (Å²) in [5.41, 5.74) is 1.26. The van der Waals surface area contributed by atoms with E-state index in [-0.39, 0.29) is 6.10 Å². The average molecular weight is 265 g/mol. The van der Waals surface area contributed by atoms with Gasteiger partial charge in [0.25, 0.3) is 0 Å². The van der Waals surface area contributed by atoms with Crippen molar-refractivity contribution in [3.63, 3.8) is 0 Å². The third-order valence-corrected chi connectivity index (χ3v) is 2.79. The minimum Gasteiger partial charge on any atom is -0.377 e. The molecule has 0 aromatic carbocycles. The van der Waals surface area contributed by atoms with Gasteiger partial charge >= 0.3 is 0 Å². The minimum absolute atomic E-state index is 0.280. The fourth-order valence-electron chi connectivity index (χ4n) is 1.64. The molecule has 0 saturated carbocycles. The molecule has 1 rings (SSSR count). The molecule has 0 aliphatic heterocycles. The highest BCUT2D eigenvalue weighted by molar-refractivity contribution is 5.39. The second-order valence-electron chi connectivity index (χ2n) is 5.40. The van der Waals surface area contributed by atoms with Crippen LogP contribution in [-0.2, 0) is 11.3 Å². The molecule has 1 heterocycles. The van der Waals surface area contributed by atoms with Crippen LogP contribution in [0, 0.1) is 0 Å². The van der Waals surface area contributed by atoms with Crippen LogP contribution in [0.1, 0.15) is 33.3 Å². The van der Waals surface area contributed by atoms with Crippen LogP contribution in [0.25, 0.3) is 0 Å². The van der Waals surface area contributed by atoms with Gasteiger partial charge in [-0.25, -0.2) is 4.98 Å². The van der Waals surface area contributed by atoms with E-state index in [2.05, 4.69) is 55.0 Å². The number of nitrogens with zero attached hydrogens (tertiary/aromatic N) is 2. The van der Waals surface area contributed by atoms with Crippen molar-refractivity contribution in [3.8, 4) is 0 Å². The van der Waals surface area contributed by atoms with Crippen molar-refractivity contribution in [2.75, 3.05) is 25.1 Å². The van der Waals surface area contributed by atoms with Crippen LogP contribution < -0.4 is 10.2 Å². The molecule has 0 radical (unpaired) electrons. The van der Waals surface area contributed by atoms with Crippen LogP contribution in [0.5, 0.6) is 0 Å². The zero-order chi connectivity index (χ0) is 14.3. The lowest BCUT2D eigenvalue weighted by Crippen LogP contribution is -2.25. The van der Waals surface area contributed by atoms with E-state index in [1.165, 1.54) is 5.56 Å². The normalized spacial score (nSPS) is 11.3. The molecule has 19 heavy (non-hydrogen) atoms. The Labute approximate surface area is 117 Å². The molecule has 0 unspecified atom stereocenters. The standard InChI is InChI=1S/C15H27N3O/c1-12(2)17-11-14-6-7-16-15(10-14)18(5)8-9-19-13(3)4/h6-7,10,12-13,17H,8-9,11H2,1-5H3. The van der Waals surface area contributed by atoms with Gasteiger partial charge in [0.2, 0.25) is 0 Å². The Kier molecular flexibility index (Phi) is 6.81. The van der Waals surface area contributed by atoms with Gasteiger partial charge in [-0.05, 0) is 31.5 Å². The molecular weight excluding hydrogens is 238 g/mol. The van der Waals surface area contributed by atoms with E-state index in [0.717, 1.165) is 25.5 Å². The number of hydrogen-bond acceptors (Lipinski definition) is 4. The van der Waals surface area contributed by atoms with Gasteiger partial charge in [-0.3, -0.25) is 0 Å². The molecule has 1 N–H and O–H groups in total. The maximum atomic E-state index is 5.56. The largest absolute Gasteiger partial charge is 0.377 e. The molecule has 0 amide bonds. The van der Waals surface area contributed by atoms with Gasteiger partial charge in [-0.1, -0.05) is 13.8 Å². The van der Waals surface area contributed by atoms with Gasteiger partial charge in [-0.15, -0.1) is 0 Å². The number of likely N-dealkylation sites (N-methyl/N-ethyl adjacent to an activating group) is 1. The Morgan fingerprint density at radius 2 is 2.05 bits per heavy atom. The number of aromatic nitrogens is 1. The maximum absolute atomic E-state index is 5.56. The molecule has 4 nitrogen and oxygen atoms in total. The Morgan fingerprint density at radius 3 is 2.68 bits per heavy atom. The predicted octanol–water partition coefficient (Wildman–Crippen LogP) is 2.44. The fraction of sp³-hybridized carbons (Fsp3) is 0.667. The molecule has 4 heteroatoms. The Bertz CT molecular complexity index is 366. The van der Waals surface area contributed by atoms with Crippen LogP contribution in [0.2, 0.25) is 0 Å². The molecule has 0 aliphatic carbocycles. The van der Waals surface area contributed by atoms with Crippen molar-refractivity contribution in [2.45, 2.75) is 46.4 Å². The first kappa shape index (κ1) is 15.9. The van der Waals surface area contributed by atoms with Crippen molar-refractivity contribution in [2.24, 2.45) is 0 Å². The Hall–Kier alpha value is -1.13. The first-order chi connectivity index (χ1) is 8.99. The predicted molar refractivity (Wildman–Crippen MR) is 80.6 cm³/mol. The van der Waals surface area contributed by atoms with Crippen molar-refractivity contribution in [3.05, 3.63) is 23.9 Å². The molecular formula is C15H27N3O. The van der Waals surface area contributed by atoms with Crippen LogP contribution in [-0.4, -0.2) is 37.3 Å². The summed E-state index contributed by atoms with van der Waals surface area (Å²) in [7, 11) is 2.05. The minimum atomic E-state index is 0.280. The smallest absolute Gasteiger partial charge is 0.128 e. The Morgan fingerprint density at radius 1 is 1.32 bits per heavy atom. The summed E-state index contributed by atoms with van der Waals surface area (Å²) in [6, 6.07) is 4.68. The SMILES string of the molecule is CC(C)NCc1ccnc(N(C)CCOC(C)C)c1. The van der Waals surface area contributed by atoms with Gasteiger partial charge < -0.3 is 15.0 Å². The fourth-order valence-corrected chi connectivity index (χ4v) is 1.64. The number of nitrogens with one attached hydrogen (secondary N) is 1. The third-order valence-electron chi connectivity index (χ3n) is 2.79. The van der Waals surface area contributed by atoms with Crippen molar-refractivity contribution < 1.29 is 4.74 Å². The van der Waals surface area contributed by atoms with Gasteiger partial charge in [0.15, 0.2) is 0 Å². The van der Waals surface area contributed by atoms with Gasteiger partial charge in [0, 0.05) is 32.4 Å². The van der Waals surface area contributed by atoms with Gasteiger partial charge in [0.05, 0.1) is 12.7 Å². The second kappa shape index (κ2) is 8.12. The maximum Gasteiger partial charge on any atom is 0.128 e. The highest BCUT2D eigenvalue weighted by Gasteiger charge is 2.04. The molecule has 0 fully saturated rings. The topological polar surface area (TPSA) is 37.4 Å². The van der Waals surface area contributed by atoms with Crippen LogP contribution in [0.15, 0.2) is 18.3 Å². The van der Waals surface area contributed by atoms with Crippen molar-refractivity contribution in [1.29, 1.82) is 0 Å². The average Bonchev–Trinajstić information content (AvgIpc) is 2.36. The monoisotopic (exact) mass is 265 g/mol. The van der Waals surface area contributed by atoms with E-state index in [1.54, 1.807) is 0 Å². The molecule has 1 aromatic heterocycles. The summed E-state index contributed by atoms with van der Waals surface area (Å²) in [5.74, 6) is 0.996. The van der Waals surface area contributed by atoms with E-state index < -0.39 is 0 Å². The molecule has 0 bridgehead atoms. The van der Waals surface area contributed by atoms with Crippen LogP contribution >= 0.6 is 0 Å². The zero-order valence-electron chi connectivity index (χ0n) is 12.8. The van der Waals surface area contributed by atoms with E-state index >= 15 is 0 Å². The van der Waals surface area contributed by atoms with Crippen molar-refractivity contribution >= 4 is 5.82 Å². The zero-order valence-corrected chi connectivity index (χ0v) is 12.8. The number of pyridine rings is 1. The molecule has 0 atom stereocenters. The van der Waals surface area contributed by atoms with E-state index in [4.69, 9.17) is 4.74 Å². The lowest BCUT2D eigenvalue weighted by Gasteiger charge is -2.19. The van der Waals surface area contributed by atoms with Gasteiger partial charge in [-0.2, -0.15) is 0 Å². The lowest BCUT2D eigenvalue weighted by molar-refractivity contribution is 0.0845. The molecule has 0 aliphatic rings. The highest BCUT2D eigenvalue weighted by atomic mass is 16.5. The third kappa shape index (κ3) is 6.55. The molecule has 1 aromatic rings. The van der Waals surface area contributed by atoms with E-state index in [0.29, 0.717) is 6.04 Å². The number of rotatable bonds is 8. The highest BCUT2D eigenvalue weighted by Crippen LogP contribution is 2.11. The van der Waals surface area contributed by atoms with E-state index in [9.17, 15) is 0 Å². The molecule has 0 saturated heterocycles. The number of hydrogen-bond donors (Lipinski definition) is 1. The quantitative estimate of drug-likeness (QED) is 0.783. The van der Waals surface area contributed by atoms with Crippen LogP contribution in [0.3, 0.4) is 0 Å². The molecule has 108 valence electrons. The van der Waals surface area contributed by atoms with E-state index in [1.807, 2.05) is 13.2 Å². The summed E-state index contributed by atoms with van der Waals surface area (Å²) in [6.07, 6.45) is 2.15. The summed E-state index contributed by atoms with van der Waals surface area (Å²) >= 11 is 0. The second-order valence-corrected chi connectivity index (χ2v) is 5.40.